The second kappa shape index (κ2) is 8.19. The molecule has 0 atom stereocenters. The monoisotopic (exact) mass is 343 g/mol. The van der Waals surface area contributed by atoms with Crippen molar-refractivity contribution in [2.24, 2.45) is 0 Å². The summed E-state index contributed by atoms with van der Waals surface area (Å²) in [6.45, 7) is 3.55. The summed E-state index contributed by atoms with van der Waals surface area (Å²) in [6.07, 6.45) is 0. The molecule has 2 N–H and O–H groups in total. The van der Waals surface area contributed by atoms with Crippen LogP contribution in [0.4, 0.5) is 0 Å². The van der Waals surface area contributed by atoms with E-state index in [9.17, 15) is 9.59 Å². The molecule has 0 aliphatic rings. The third-order valence-electron chi connectivity index (χ3n) is 3.67. The van der Waals surface area contributed by atoms with Crippen molar-refractivity contribution in [2.75, 3.05) is 13.7 Å². The summed E-state index contributed by atoms with van der Waals surface area (Å²) in [7, 11) is 1.60. The average Bonchev–Trinajstić information content (AvgIpc) is 2.59. The van der Waals surface area contributed by atoms with Crippen LogP contribution in [0.3, 0.4) is 0 Å². The maximum absolute atomic E-state index is 12.4. The van der Waals surface area contributed by atoms with Gasteiger partial charge in [0.2, 0.25) is 0 Å². The van der Waals surface area contributed by atoms with Gasteiger partial charge in [0.1, 0.15) is 11.5 Å². The lowest BCUT2D eigenvalue weighted by molar-refractivity contribution is -0.139. The van der Waals surface area contributed by atoms with E-state index in [0.717, 1.165) is 22.4 Å². The van der Waals surface area contributed by atoms with E-state index in [2.05, 4.69) is 5.32 Å². The zero-order valence-electron chi connectivity index (χ0n) is 14.5. The summed E-state index contributed by atoms with van der Waals surface area (Å²) in [5, 5.41) is 11.6. The van der Waals surface area contributed by atoms with Crippen LogP contribution >= 0.6 is 0 Å². The molecule has 0 unspecified atom stereocenters. The first-order chi connectivity index (χ1) is 11.9. The Labute approximate surface area is 146 Å². The fourth-order valence-electron chi connectivity index (χ4n) is 2.47. The van der Waals surface area contributed by atoms with Gasteiger partial charge in [-0.1, -0.05) is 12.1 Å². The topological polar surface area (TPSA) is 84.9 Å². The van der Waals surface area contributed by atoms with Crippen LogP contribution in [0.25, 0.3) is 0 Å². The molecule has 2 aromatic carbocycles. The molecule has 0 radical (unpaired) electrons. The predicted molar refractivity (Wildman–Crippen MR) is 93.2 cm³/mol. The lowest BCUT2D eigenvalue weighted by Gasteiger charge is -2.13. The quantitative estimate of drug-likeness (QED) is 0.807. The second-order valence-electron chi connectivity index (χ2n) is 5.65. The van der Waals surface area contributed by atoms with Gasteiger partial charge in [-0.25, -0.2) is 4.79 Å². The number of hydrogen-bond acceptors (Lipinski definition) is 4. The van der Waals surface area contributed by atoms with Crippen LogP contribution in [0.2, 0.25) is 0 Å². The minimum absolute atomic E-state index is 0.202. The van der Waals surface area contributed by atoms with E-state index in [4.69, 9.17) is 14.6 Å². The van der Waals surface area contributed by atoms with Crippen molar-refractivity contribution in [1.82, 2.24) is 5.32 Å². The van der Waals surface area contributed by atoms with Gasteiger partial charge in [-0.2, -0.15) is 0 Å². The van der Waals surface area contributed by atoms with Crippen molar-refractivity contribution in [3.8, 4) is 11.5 Å². The van der Waals surface area contributed by atoms with Crippen molar-refractivity contribution in [1.29, 1.82) is 0 Å². The molecule has 6 heteroatoms. The molecule has 132 valence electrons. The number of benzene rings is 2. The van der Waals surface area contributed by atoms with Crippen LogP contribution in [0.1, 0.15) is 27.0 Å². The Hall–Kier alpha value is -3.02. The molecule has 6 nitrogen and oxygen atoms in total. The number of aryl methyl sites for hydroxylation is 2. The molecule has 0 aliphatic heterocycles. The Kier molecular flexibility index (Phi) is 6.00. The SMILES string of the molecule is COc1ccc(CNC(=O)c2cc(C)c(OCC(=O)O)c(C)c2)cc1. The maximum atomic E-state index is 12.4. The highest BCUT2D eigenvalue weighted by molar-refractivity contribution is 5.94. The molecule has 0 fully saturated rings. The molecule has 0 spiro atoms. The largest absolute Gasteiger partial charge is 0.497 e. The minimum Gasteiger partial charge on any atom is -0.497 e. The van der Waals surface area contributed by atoms with Crippen LogP contribution in [0.15, 0.2) is 36.4 Å². The van der Waals surface area contributed by atoms with Crippen molar-refractivity contribution in [2.45, 2.75) is 20.4 Å². The van der Waals surface area contributed by atoms with Gasteiger partial charge in [0.25, 0.3) is 5.91 Å². The van der Waals surface area contributed by atoms with E-state index in [0.29, 0.717) is 17.9 Å². The minimum atomic E-state index is -1.04. The van der Waals surface area contributed by atoms with E-state index in [-0.39, 0.29) is 5.91 Å². The Bertz CT molecular complexity index is 745. The third-order valence-corrected chi connectivity index (χ3v) is 3.67. The Balaban J connectivity index is 2.04. The van der Waals surface area contributed by atoms with Gasteiger partial charge in [-0.15, -0.1) is 0 Å². The molecule has 2 rings (SSSR count). The fourth-order valence-corrected chi connectivity index (χ4v) is 2.47. The summed E-state index contributed by atoms with van der Waals surface area (Å²) in [5.74, 6) is 0.0132. The Morgan fingerprint density at radius 1 is 1.08 bits per heavy atom. The number of carbonyl (C=O) groups is 2. The van der Waals surface area contributed by atoms with Crippen LogP contribution in [-0.2, 0) is 11.3 Å². The summed E-state index contributed by atoms with van der Waals surface area (Å²) in [5.41, 5.74) is 2.90. The van der Waals surface area contributed by atoms with Gasteiger partial charge in [0, 0.05) is 12.1 Å². The fraction of sp³-hybridized carbons (Fsp3) is 0.263. The Morgan fingerprint density at radius 2 is 1.68 bits per heavy atom. The highest BCUT2D eigenvalue weighted by Gasteiger charge is 2.12. The molecule has 0 saturated carbocycles. The van der Waals surface area contributed by atoms with Gasteiger partial charge in [-0.3, -0.25) is 4.79 Å². The van der Waals surface area contributed by atoms with Crippen molar-refractivity contribution >= 4 is 11.9 Å². The molecule has 2 aromatic rings. The summed E-state index contributed by atoms with van der Waals surface area (Å²) in [6, 6.07) is 10.8. The number of aliphatic carboxylic acids is 1. The first-order valence-electron chi connectivity index (χ1n) is 7.77. The average molecular weight is 343 g/mol. The van der Waals surface area contributed by atoms with E-state index >= 15 is 0 Å². The highest BCUT2D eigenvalue weighted by atomic mass is 16.5. The number of carboxylic acid groups (broad SMARTS) is 1. The van der Waals surface area contributed by atoms with Gasteiger partial charge in [0.15, 0.2) is 6.61 Å². The van der Waals surface area contributed by atoms with E-state index in [1.807, 2.05) is 24.3 Å². The van der Waals surface area contributed by atoms with E-state index in [1.165, 1.54) is 0 Å². The number of hydrogen-bond donors (Lipinski definition) is 2. The zero-order valence-corrected chi connectivity index (χ0v) is 14.5. The van der Waals surface area contributed by atoms with Crippen LogP contribution < -0.4 is 14.8 Å². The number of rotatable bonds is 7. The van der Waals surface area contributed by atoms with Crippen LogP contribution in [0, 0.1) is 13.8 Å². The summed E-state index contributed by atoms with van der Waals surface area (Å²) < 4.78 is 10.4. The zero-order chi connectivity index (χ0) is 18.4. The number of ether oxygens (including phenoxy) is 2. The van der Waals surface area contributed by atoms with Gasteiger partial charge in [-0.05, 0) is 54.8 Å². The third kappa shape index (κ3) is 4.97. The Morgan fingerprint density at radius 3 is 2.20 bits per heavy atom. The summed E-state index contributed by atoms with van der Waals surface area (Å²) >= 11 is 0. The summed E-state index contributed by atoms with van der Waals surface area (Å²) in [4.78, 5) is 23.0. The molecule has 0 bridgehead atoms. The van der Waals surface area contributed by atoms with Crippen LogP contribution in [-0.4, -0.2) is 30.7 Å². The van der Waals surface area contributed by atoms with Crippen molar-refractivity contribution in [3.05, 3.63) is 58.7 Å². The molecule has 1 amide bonds. The second-order valence-corrected chi connectivity index (χ2v) is 5.65. The normalized spacial score (nSPS) is 10.2. The number of methoxy groups -OCH3 is 1. The van der Waals surface area contributed by atoms with Gasteiger partial charge < -0.3 is 19.9 Å². The number of nitrogens with one attached hydrogen (secondary N) is 1. The van der Waals surface area contributed by atoms with E-state index in [1.54, 1.807) is 33.1 Å². The van der Waals surface area contributed by atoms with Crippen molar-refractivity contribution in [3.63, 3.8) is 0 Å². The first-order valence-corrected chi connectivity index (χ1v) is 7.77. The molecule has 25 heavy (non-hydrogen) atoms. The first kappa shape index (κ1) is 18.3. The van der Waals surface area contributed by atoms with Crippen LogP contribution in [0.5, 0.6) is 11.5 Å². The number of carbonyl (C=O) groups excluding carboxylic acids is 1. The number of carboxylic acids is 1. The standard InChI is InChI=1S/C19H21NO5/c1-12-8-15(9-13(2)18(12)25-11-17(21)22)19(23)20-10-14-4-6-16(24-3)7-5-14/h4-9H,10-11H2,1-3H3,(H,20,23)(H,21,22). The van der Waals surface area contributed by atoms with Gasteiger partial charge in [0.05, 0.1) is 7.11 Å². The molecular formula is C19H21NO5. The predicted octanol–water partition coefficient (Wildman–Crippen LogP) is 2.71. The maximum Gasteiger partial charge on any atom is 0.341 e. The van der Waals surface area contributed by atoms with E-state index < -0.39 is 12.6 Å². The lowest BCUT2D eigenvalue weighted by atomic mass is 10.0. The van der Waals surface area contributed by atoms with Gasteiger partial charge >= 0.3 is 5.97 Å². The highest BCUT2D eigenvalue weighted by Crippen LogP contribution is 2.25. The molecule has 0 aliphatic carbocycles. The number of amides is 1. The molecule has 0 heterocycles. The van der Waals surface area contributed by atoms with Crippen molar-refractivity contribution < 1.29 is 24.2 Å². The molecular weight excluding hydrogens is 322 g/mol. The molecule has 0 aromatic heterocycles. The smallest absolute Gasteiger partial charge is 0.341 e. The lowest BCUT2D eigenvalue weighted by Crippen LogP contribution is -2.23. The molecule has 0 saturated heterocycles.